The molecule has 1 aromatic rings. The second-order valence-electron chi connectivity index (χ2n) is 5.75. The number of rotatable bonds is 6. The van der Waals surface area contributed by atoms with E-state index >= 15 is 0 Å². The first-order valence-corrected chi connectivity index (χ1v) is 7.48. The first kappa shape index (κ1) is 16.2. The normalized spacial score (nSPS) is 27.3. The molecule has 4 nitrogen and oxygen atoms in total. The van der Waals surface area contributed by atoms with Gasteiger partial charge in [0.2, 0.25) is 0 Å². The third-order valence-corrected chi connectivity index (χ3v) is 3.60. The van der Waals surface area contributed by atoms with Crippen LogP contribution in [0.2, 0.25) is 0 Å². The minimum atomic E-state index is -0.594. The minimum absolute atomic E-state index is 0.187. The van der Waals surface area contributed by atoms with Crippen LogP contribution in [0.3, 0.4) is 0 Å². The number of benzene rings is 1. The van der Waals surface area contributed by atoms with Crippen LogP contribution in [0.5, 0.6) is 5.75 Å². The lowest BCUT2D eigenvalue weighted by Gasteiger charge is -2.33. The predicted octanol–water partition coefficient (Wildman–Crippen LogP) is 2.11. The van der Waals surface area contributed by atoms with Crippen LogP contribution in [-0.4, -0.2) is 42.6 Å². The Balaban J connectivity index is 1.67. The van der Waals surface area contributed by atoms with Crippen LogP contribution in [0.15, 0.2) is 24.3 Å². The summed E-state index contributed by atoms with van der Waals surface area (Å²) in [7, 11) is 0. The van der Waals surface area contributed by atoms with Gasteiger partial charge in [0.25, 0.3) is 0 Å². The molecule has 1 aliphatic rings. The molecule has 0 aromatic heterocycles. The second kappa shape index (κ2) is 7.73. The van der Waals surface area contributed by atoms with Gasteiger partial charge in [0.05, 0.1) is 12.2 Å². The molecule has 3 unspecified atom stereocenters. The molecule has 1 heterocycles. The fourth-order valence-corrected chi connectivity index (χ4v) is 2.66. The highest BCUT2D eigenvalue weighted by atomic mass is 19.1. The van der Waals surface area contributed by atoms with Crippen LogP contribution < -0.4 is 10.1 Å². The molecule has 0 amide bonds. The first-order valence-electron chi connectivity index (χ1n) is 7.48. The van der Waals surface area contributed by atoms with Crippen LogP contribution >= 0.6 is 0 Å². The molecule has 1 aliphatic heterocycles. The molecule has 0 spiro atoms. The fourth-order valence-electron chi connectivity index (χ4n) is 2.66. The van der Waals surface area contributed by atoms with E-state index in [-0.39, 0.29) is 24.6 Å². The SMILES string of the molecule is CC1CC(NCC(O)COc2ccc(F)cc2)CC(C)O1. The molecule has 0 radical (unpaired) electrons. The maximum Gasteiger partial charge on any atom is 0.123 e. The summed E-state index contributed by atoms with van der Waals surface area (Å²) >= 11 is 0. The molecule has 0 aliphatic carbocycles. The molecule has 3 atom stereocenters. The van der Waals surface area contributed by atoms with Crippen molar-refractivity contribution in [2.45, 2.75) is 51.0 Å². The molecule has 1 saturated heterocycles. The van der Waals surface area contributed by atoms with Crippen molar-refractivity contribution in [1.29, 1.82) is 0 Å². The molecular weight excluding hydrogens is 273 g/mol. The smallest absolute Gasteiger partial charge is 0.123 e. The predicted molar refractivity (Wildman–Crippen MR) is 78.9 cm³/mol. The Bertz CT molecular complexity index is 416. The molecule has 118 valence electrons. The van der Waals surface area contributed by atoms with Crippen LogP contribution in [0.25, 0.3) is 0 Å². The van der Waals surface area contributed by atoms with Crippen LogP contribution in [0.1, 0.15) is 26.7 Å². The van der Waals surface area contributed by atoms with Crippen molar-refractivity contribution in [3.05, 3.63) is 30.1 Å². The molecular formula is C16H24FNO3. The molecule has 21 heavy (non-hydrogen) atoms. The monoisotopic (exact) mass is 297 g/mol. The largest absolute Gasteiger partial charge is 0.491 e. The first-order chi connectivity index (χ1) is 10.0. The molecule has 1 fully saturated rings. The van der Waals surface area contributed by atoms with Gasteiger partial charge in [0.15, 0.2) is 0 Å². The highest BCUT2D eigenvalue weighted by Gasteiger charge is 2.24. The van der Waals surface area contributed by atoms with Crippen LogP contribution in [0.4, 0.5) is 4.39 Å². The summed E-state index contributed by atoms with van der Waals surface area (Å²) in [6, 6.07) is 6.15. The highest BCUT2D eigenvalue weighted by molar-refractivity contribution is 5.22. The number of aliphatic hydroxyl groups excluding tert-OH is 1. The maximum atomic E-state index is 12.8. The molecule has 1 aromatic carbocycles. The van der Waals surface area contributed by atoms with Gasteiger partial charge < -0.3 is 19.9 Å². The number of nitrogens with one attached hydrogen (secondary N) is 1. The molecule has 2 N–H and O–H groups in total. The summed E-state index contributed by atoms with van der Waals surface area (Å²) in [5.41, 5.74) is 0. The van der Waals surface area contributed by atoms with Crippen LogP contribution in [-0.2, 0) is 4.74 Å². The Morgan fingerprint density at radius 3 is 2.52 bits per heavy atom. The Labute approximate surface area is 125 Å². The van der Waals surface area contributed by atoms with E-state index < -0.39 is 6.10 Å². The maximum absolute atomic E-state index is 12.8. The van der Waals surface area contributed by atoms with E-state index in [1.165, 1.54) is 12.1 Å². The molecule has 2 rings (SSSR count). The van der Waals surface area contributed by atoms with Crippen molar-refractivity contribution in [3.63, 3.8) is 0 Å². The summed E-state index contributed by atoms with van der Waals surface area (Å²) in [6.07, 6.45) is 1.81. The van der Waals surface area contributed by atoms with Crippen molar-refractivity contribution < 1.29 is 19.0 Å². The standard InChI is InChI=1S/C16H24FNO3/c1-11-7-14(8-12(2)21-11)18-9-15(19)10-20-16-5-3-13(17)4-6-16/h3-6,11-12,14-15,18-19H,7-10H2,1-2H3. The minimum Gasteiger partial charge on any atom is -0.491 e. The van der Waals surface area contributed by atoms with Crippen molar-refractivity contribution >= 4 is 0 Å². The lowest BCUT2D eigenvalue weighted by molar-refractivity contribution is -0.0437. The van der Waals surface area contributed by atoms with Crippen LogP contribution in [0, 0.1) is 5.82 Å². The third kappa shape index (κ3) is 5.61. The molecule has 5 heteroatoms. The molecule has 0 saturated carbocycles. The number of halogens is 1. The van der Waals surface area contributed by atoms with Gasteiger partial charge in [-0.2, -0.15) is 0 Å². The van der Waals surface area contributed by atoms with Gasteiger partial charge in [-0.1, -0.05) is 0 Å². The van der Waals surface area contributed by atoms with Crippen molar-refractivity contribution in [2.75, 3.05) is 13.2 Å². The van der Waals surface area contributed by atoms with Gasteiger partial charge in [-0.05, 0) is 51.0 Å². The summed E-state index contributed by atoms with van der Waals surface area (Å²) in [6.45, 7) is 4.80. The van der Waals surface area contributed by atoms with Crippen molar-refractivity contribution in [1.82, 2.24) is 5.32 Å². The van der Waals surface area contributed by atoms with E-state index in [1.807, 2.05) is 0 Å². The summed E-state index contributed by atoms with van der Waals surface area (Å²) in [4.78, 5) is 0. The number of hydrogen-bond donors (Lipinski definition) is 2. The van der Waals surface area contributed by atoms with E-state index in [9.17, 15) is 9.50 Å². The summed E-state index contributed by atoms with van der Waals surface area (Å²) in [5, 5.41) is 13.3. The average molecular weight is 297 g/mol. The van der Waals surface area contributed by atoms with E-state index in [2.05, 4.69) is 19.2 Å². The van der Waals surface area contributed by atoms with E-state index in [0.717, 1.165) is 12.8 Å². The third-order valence-electron chi connectivity index (χ3n) is 3.60. The Kier molecular flexibility index (Phi) is 5.96. The zero-order valence-corrected chi connectivity index (χ0v) is 12.6. The van der Waals surface area contributed by atoms with Gasteiger partial charge in [0, 0.05) is 12.6 Å². The fraction of sp³-hybridized carbons (Fsp3) is 0.625. The Hall–Kier alpha value is -1.17. The van der Waals surface area contributed by atoms with E-state index in [0.29, 0.717) is 18.3 Å². The van der Waals surface area contributed by atoms with Crippen molar-refractivity contribution in [2.24, 2.45) is 0 Å². The van der Waals surface area contributed by atoms with Gasteiger partial charge in [-0.3, -0.25) is 0 Å². The zero-order chi connectivity index (χ0) is 15.2. The number of aliphatic hydroxyl groups is 1. The van der Waals surface area contributed by atoms with Crippen molar-refractivity contribution in [3.8, 4) is 5.75 Å². The Morgan fingerprint density at radius 2 is 1.90 bits per heavy atom. The molecule has 0 bridgehead atoms. The zero-order valence-electron chi connectivity index (χ0n) is 12.6. The van der Waals surface area contributed by atoms with E-state index in [1.54, 1.807) is 12.1 Å². The highest BCUT2D eigenvalue weighted by Crippen LogP contribution is 2.19. The number of ether oxygens (including phenoxy) is 2. The lowest BCUT2D eigenvalue weighted by atomic mass is 10.00. The van der Waals surface area contributed by atoms with Gasteiger partial charge in [-0.15, -0.1) is 0 Å². The van der Waals surface area contributed by atoms with E-state index in [4.69, 9.17) is 9.47 Å². The Morgan fingerprint density at radius 1 is 1.29 bits per heavy atom. The second-order valence-corrected chi connectivity index (χ2v) is 5.75. The van der Waals surface area contributed by atoms with Gasteiger partial charge in [0.1, 0.15) is 24.3 Å². The van der Waals surface area contributed by atoms with Gasteiger partial charge >= 0.3 is 0 Å². The lowest BCUT2D eigenvalue weighted by Crippen LogP contribution is -2.44. The summed E-state index contributed by atoms with van der Waals surface area (Å²) < 4.78 is 23.9. The number of hydrogen-bond acceptors (Lipinski definition) is 4. The summed E-state index contributed by atoms with van der Waals surface area (Å²) in [5.74, 6) is 0.260. The quantitative estimate of drug-likeness (QED) is 0.844. The average Bonchev–Trinajstić information content (AvgIpc) is 2.43. The van der Waals surface area contributed by atoms with Gasteiger partial charge in [-0.25, -0.2) is 4.39 Å². The topological polar surface area (TPSA) is 50.7 Å².